The predicted octanol–water partition coefficient (Wildman–Crippen LogP) is 0.413. The van der Waals surface area contributed by atoms with Gasteiger partial charge in [-0.1, -0.05) is 26.0 Å². The quantitative estimate of drug-likeness (QED) is 0.697. The van der Waals surface area contributed by atoms with E-state index in [1.165, 1.54) is 0 Å². The third-order valence-electron chi connectivity index (χ3n) is 3.17. The Bertz CT molecular complexity index is 364. The number of carboxylic acids is 1. The van der Waals surface area contributed by atoms with Crippen molar-refractivity contribution in [1.29, 1.82) is 0 Å². The van der Waals surface area contributed by atoms with Gasteiger partial charge in [0.1, 0.15) is 5.92 Å². The van der Waals surface area contributed by atoms with Crippen LogP contribution in [0.3, 0.4) is 0 Å². The van der Waals surface area contributed by atoms with Crippen molar-refractivity contribution in [2.45, 2.75) is 26.1 Å². The highest BCUT2D eigenvalue weighted by Gasteiger charge is 2.53. The molecule has 0 aromatic heterocycles. The molecule has 0 aromatic rings. The van der Waals surface area contributed by atoms with Crippen molar-refractivity contribution in [3.63, 3.8) is 0 Å². The minimum atomic E-state index is -0.966. The van der Waals surface area contributed by atoms with E-state index < -0.39 is 23.9 Å². The van der Waals surface area contributed by atoms with Crippen molar-refractivity contribution in [2.24, 2.45) is 17.8 Å². The average Bonchev–Trinajstić information content (AvgIpc) is 2.84. The minimum Gasteiger partial charge on any atom is -0.481 e. The molecule has 0 aliphatic carbocycles. The zero-order valence-corrected chi connectivity index (χ0v) is 9.92. The molecule has 2 N–H and O–H groups in total. The summed E-state index contributed by atoms with van der Waals surface area (Å²) in [4.78, 5) is 23.1. The molecule has 0 saturated carbocycles. The van der Waals surface area contributed by atoms with Crippen LogP contribution in [0.4, 0.5) is 0 Å². The Hall–Kier alpha value is -1.36. The van der Waals surface area contributed by atoms with E-state index >= 15 is 0 Å². The monoisotopic (exact) mass is 239 g/mol. The van der Waals surface area contributed by atoms with Crippen molar-refractivity contribution in [1.82, 2.24) is 5.32 Å². The number of ether oxygens (including phenoxy) is 1. The van der Waals surface area contributed by atoms with Crippen LogP contribution < -0.4 is 5.32 Å². The molecule has 17 heavy (non-hydrogen) atoms. The zero-order valence-electron chi connectivity index (χ0n) is 9.92. The lowest BCUT2D eigenvalue weighted by Crippen LogP contribution is -2.43. The normalized spacial score (nSPS) is 34.3. The predicted molar refractivity (Wildman–Crippen MR) is 60.3 cm³/mol. The molecule has 2 aliphatic rings. The van der Waals surface area contributed by atoms with Gasteiger partial charge in [-0.15, -0.1) is 0 Å². The van der Waals surface area contributed by atoms with E-state index in [0.29, 0.717) is 12.5 Å². The fourth-order valence-corrected chi connectivity index (χ4v) is 2.34. The maximum atomic E-state index is 12.0. The molecule has 5 nitrogen and oxygen atoms in total. The third kappa shape index (κ3) is 2.20. The van der Waals surface area contributed by atoms with E-state index in [9.17, 15) is 9.59 Å². The van der Waals surface area contributed by atoms with Gasteiger partial charge in [-0.05, 0) is 5.92 Å². The van der Waals surface area contributed by atoms with Crippen molar-refractivity contribution >= 4 is 11.9 Å². The summed E-state index contributed by atoms with van der Waals surface area (Å²) >= 11 is 0. The van der Waals surface area contributed by atoms with Gasteiger partial charge in [0.15, 0.2) is 0 Å². The van der Waals surface area contributed by atoms with Gasteiger partial charge < -0.3 is 15.2 Å². The second kappa shape index (κ2) is 4.49. The van der Waals surface area contributed by atoms with Gasteiger partial charge in [-0.2, -0.15) is 0 Å². The molecule has 0 spiro atoms. The molecule has 4 atom stereocenters. The molecular weight excluding hydrogens is 222 g/mol. The fourth-order valence-electron chi connectivity index (χ4n) is 2.34. The summed E-state index contributed by atoms with van der Waals surface area (Å²) in [6, 6.07) is 0. The number of carboxylic acid groups (broad SMARTS) is 1. The molecule has 0 aromatic carbocycles. The van der Waals surface area contributed by atoms with E-state index in [0.717, 1.165) is 0 Å². The highest BCUT2D eigenvalue weighted by Crippen LogP contribution is 2.39. The van der Waals surface area contributed by atoms with Crippen LogP contribution >= 0.6 is 0 Å². The van der Waals surface area contributed by atoms with Crippen LogP contribution in [-0.2, 0) is 14.3 Å². The Labute approximate surface area is 99.8 Å². The van der Waals surface area contributed by atoms with Gasteiger partial charge in [-0.3, -0.25) is 9.59 Å². The average molecular weight is 239 g/mol. The lowest BCUT2D eigenvalue weighted by Gasteiger charge is -2.21. The summed E-state index contributed by atoms with van der Waals surface area (Å²) in [5.74, 6) is -2.19. The zero-order chi connectivity index (χ0) is 12.6. The summed E-state index contributed by atoms with van der Waals surface area (Å²) < 4.78 is 5.43. The Balaban J connectivity index is 2.06. The summed E-state index contributed by atoms with van der Waals surface area (Å²) in [6.07, 6.45) is 2.68. The largest absolute Gasteiger partial charge is 0.481 e. The first-order valence-electron chi connectivity index (χ1n) is 5.85. The molecule has 0 unspecified atom stereocenters. The molecule has 1 fully saturated rings. The maximum Gasteiger partial charge on any atom is 0.310 e. The number of carbonyl (C=O) groups is 2. The highest BCUT2D eigenvalue weighted by atomic mass is 16.5. The fraction of sp³-hybridized carbons (Fsp3) is 0.667. The number of nitrogens with one attached hydrogen (secondary N) is 1. The summed E-state index contributed by atoms with van der Waals surface area (Å²) in [7, 11) is 0. The summed E-state index contributed by atoms with van der Waals surface area (Å²) in [5, 5.41) is 11.9. The molecule has 94 valence electrons. The van der Waals surface area contributed by atoms with Gasteiger partial charge in [-0.25, -0.2) is 0 Å². The molecule has 2 heterocycles. The summed E-state index contributed by atoms with van der Waals surface area (Å²) in [6.45, 7) is 4.54. The van der Waals surface area contributed by atoms with Crippen molar-refractivity contribution in [3.8, 4) is 0 Å². The SMILES string of the molecule is CC(C)CNC(=O)[C@@H]1[C@H](C(=O)O)[C@H]2C=C[C@H]1O2. The first-order valence-corrected chi connectivity index (χ1v) is 5.85. The van der Waals surface area contributed by atoms with E-state index in [2.05, 4.69) is 5.32 Å². The lowest BCUT2D eigenvalue weighted by atomic mass is 9.82. The topological polar surface area (TPSA) is 75.6 Å². The Morgan fingerprint density at radius 3 is 2.41 bits per heavy atom. The first kappa shape index (κ1) is 12.1. The molecule has 5 heteroatoms. The van der Waals surface area contributed by atoms with Gasteiger partial charge in [0, 0.05) is 6.54 Å². The van der Waals surface area contributed by atoms with Crippen LogP contribution in [0.1, 0.15) is 13.8 Å². The van der Waals surface area contributed by atoms with Gasteiger partial charge in [0.25, 0.3) is 0 Å². The van der Waals surface area contributed by atoms with Crippen LogP contribution in [-0.4, -0.2) is 35.7 Å². The van der Waals surface area contributed by atoms with Gasteiger partial charge >= 0.3 is 5.97 Å². The molecule has 1 saturated heterocycles. The van der Waals surface area contributed by atoms with E-state index in [1.54, 1.807) is 12.2 Å². The van der Waals surface area contributed by atoms with Crippen LogP contribution in [0.5, 0.6) is 0 Å². The number of hydrogen-bond acceptors (Lipinski definition) is 3. The van der Waals surface area contributed by atoms with Crippen molar-refractivity contribution in [2.75, 3.05) is 6.54 Å². The molecular formula is C12H17NO4. The van der Waals surface area contributed by atoms with Crippen molar-refractivity contribution in [3.05, 3.63) is 12.2 Å². The van der Waals surface area contributed by atoms with Crippen molar-refractivity contribution < 1.29 is 19.4 Å². The standard InChI is InChI=1S/C12H17NO4/c1-6(2)5-13-11(14)9-7-3-4-8(17-7)10(9)12(15)16/h3-4,6-10H,5H2,1-2H3,(H,13,14)(H,15,16)/t7-,8-,9+,10-/m1/s1. The Morgan fingerprint density at radius 2 is 1.88 bits per heavy atom. The Morgan fingerprint density at radius 1 is 1.29 bits per heavy atom. The number of fused-ring (bicyclic) bond motifs is 2. The first-order chi connectivity index (χ1) is 8.00. The Kier molecular flexibility index (Phi) is 3.19. The van der Waals surface area contributed by atoms with Crippen LogP contribution in [0.2, 0.25) is 0 Å². The van der Waals surface area contributed by atoms with E-state index in [4.69, 9.17) is 9.84 Å². The van der Waals surface area contributed by atoms with Crippen LogP contribution in [0.25, 0.3) is 0 Å². The molecule has 0 radical (unpaired) electrons. The number of amides is 1. The summed E-state index contributed by atoms with van der Waals surface area (Å²) in [5.41, 5.74) is 0. The smallest absolute Gasteiger partial charge is 0.310 e. The number of carbonyl (C=O) groups excluding carboxylic acids is 1. The molecule has 2 rings (SSSR count). The minimum absolute atomic E-state index is 0.219. The van der Waals surface area contributed by atoms with E-state index in [-0.39, 0.29) is 12.0 Å². The second-order valence-corrected chi connectivity index (χ2v) is 4.98. The van der Waals surface area contributed by atoms with Crippen LogP contribution in [0.15, 0.2) is 12.2 Å². The number of aliphatic carboxylic acids is 1. The van der Waals surface area contributed by atoms with E-state index in [1.807, 2.05) is 13.8 Å². The van der Waals surface area contributed by atoms with Gasteiger partial charge in [0.05, 0.1) is 18.1 Å². The lowest BCUT2D eigenvalue weighted by molar-refractivity contribution is -0.146. The number of rotatable bonds is 4. The number of hydrogen-bond donors (Lipinski definition) is 2. The molecule has 1 amide bonds. The maximum absolute atomic E-state index is 12.0. The molecule has 2 bridgehead atoms. The second-order valence-electron chi connectivity index (χ2n) is 4.98. The van der Waals surface area contributed by atoms with Gasteiger partial charge in [0.2, 0.25) is 5.91 Å². The molecule has 2 aliphatic heterocycles. The third-order valence-corrected chi connectivity index (χ3v) is 3.17. The highest BCUT2D eigenvalue weighted by molar-refractivity contribution is 5.87. The van der Waals surface area contributed by atoms with Crippen LogP contribution in [0, 0.1) is 17.8 Å².